The van der Waals surface area contributed by atoms with E-state index in [0.717, 1.165) is 16.7 Å². The molecule has 108 valence electrons. The predicted octanol–water partition coefficient (Wildman–Crippen LogP) is 3.37. The van der Waals surface area contributed by atoms with E-state index in [1.807, 2.05) is 24.3 Å². The van der Waals surface area contributed by atoms with E-state index in [2.05, 4.69) is 0 Å². The molecular formula is C16H15NO4. The molecule has 0 amide bonds. The van der Waals surface area contributed by atoms with Crippen LogP contribution in [0.4, 0.5) is 5.69 Å². The van der Waals surface area contributed by atoms with Crippen molar-refractivity contribution in [2.24, 2.45) is 0 Å². The number of ether oxygens (including phenoxy) is 1. The Bertz CT molecular complexity index is 632. The quantitative estimate of drug-likeness (QED) is 0.480. The number of hydrogen-bond donors (Lipinski definition) is 0. The average Bonchev–Trinajstić information content (AvgIpc) is 2.48. The molecule has 5 heteroatoms. The molecule has 2 aromatic carbocycles. The number of esters is 1. The first-order chi connectivity index (χ1) is 10.1. The van der Waals surface area contributed by atoms with Gasteiger partial charge in [0.2, 0.25) is 0 Å². The first-order valence-corrected chi connectivity index (χ1v) is 6.59. The first kappa shape index (κ1) is 14.7. The number of carbonyl (C=O) groups excluding carboxylic acids is 1. The van der Waals surface area contributed by atoms with Crippen LogP contribution >= 0.6 is 0 Å². The average molecular weight is 285 g/mol. The van der Waals surface area contributed by atoms with Crippen LogP contribution in [0.15, 0.2) is 48.5 Å². The minimum atomic E-state index is -0.424. The molecule has 0 radical (unpaired) electrons. The summed E-state index contributed by atoms with van der Waals surface area (Å²) in [5.74, 6) is -0.249. The smallest absolute Gasteiger partial charge is 0.310 e. The highest BCUT2D eigenvalue weighted by Crippen LogP contribution is 2.22. The van der Waals surface area contributed by atoms with E-state index >= 15 is 0 Å². The van der Waals surface area contributed by atoms with E-state index in [1.54, 1.807) is 19.1 Å². The summed E-state index contributed by atoms with van der Waals surface area (Å²) >= 11 is 0. The summed E-state index contributed by atoms with van der Waals surface area (Å²) in [6.07, 6.45) is 0.244. The summed E-state index contributed by atoms with van der Waals surface area (Å²) in [7, 11) is 0. The van der Waals surface area contributed by atoms with Gasteiger partial charge in [-0.05, 0) is 35.7 Å². The molecular weight excluding hydrogens is 270 g/mol. The van der Waals surface area contributed by atoms with Gasteiger partial charge in [-0.25, -0.2) is 0 Å². The van der Waals surface area contributed by atoms with Crippen LogP contribution in [0, 0.1) is 10.1 Å². The highest BCUT2D eigenvalue weighted by molar-refractivity contribution is 5.73. The Balaban J connectivity index is 2.11. The third-order valence-electron chi connectivity index (χ3n) is 3.02. The number of benzene rings is 2. The maximum Gasteiger partial charge on any atom is 0.310 e. The first-order valence-electron chi connectivity index (χ1n) is 6.59. The molecule has 0 heterocycles. The summed E-state index contributed by atoms with van der Waals surface area (Å²) in [6, 6.07) is 13.8. The van der Waals surface area contributed by atoms with Crippen LogP contribution in [0.1, 0.15) is 12.5 Å². The second-order valence-corrected chi connectivity index (χ2v) is 4.48. The van der Waals surface area contributed by atoms with Gasteiger partial charge in [-0.1, -0.05) is 24.3 Å². The fraction of sp³-hybridized carbons (Fsp3) is 0.188. The minimum absolute atomic E-state index is 0.0673. The predicted molar refractivity (Wildman–Crippen MR) is 78.9 cm³/mol. The number of rotatable bonds is 5. The number of nitrogens with zero attached hydrogens (tertiary/aromatic N) is 1. The fourth-order valence-electron chi connectivity index (χ4n) is 1.97. The van der Waals surface area contributed by atoms with E-state index in [0.29, 0.717) is 6.61 Å². The van der Waals surface area contributed by atoms with Crippen LogP contribution in [-0.2, 0) is 16.0 Å². The van der Waals surface area contributed by atoms with E-state index < -0.39 is 4.92 Å². The molecule has 2 aromatic rings. The summed E-state index contributed by atoms with van der Waals surface area (Å²) in [4.78, 5) is 21.6. The molecule has 0 aliphatic heterocycles. The Hall–Kier alpha value is -2.69. The molecule has 0 aromatic heterocycles. The molecule has 0 atom stereocenters. The number of nitro groups is 1. The standard InChI is InChI=1S/C16H15NO4/c1-2-21-16(18)11-12-3-5-13(6-4-12)14-7-9-15(10-8-14)17(19)20/h3-10H,2,11H2,1H3. The number of hydrogen-bond acceptors (Lipinski definition) is 4. The van der Waals surface area contributed by atoms with Gasteiger partial charge in [0.05, 0.1) is 18.0 Å². The second kappa shape index (κ2) is 6.65. The molecule has 0 aliphatic rings. The molecule has 0 bridgehead atoms. The van der Waals surface area contributed by atoms with Crippen LogP contribution in [0.25, 0.3) is 11.1 Å². The van der Waals surface area contributed by atoms with Crippen LogP contribution < -0.4 is 0 Å². The van der Waals surface area contributed by atoms with Crippen molar-refractivity contribution in [2.45, 2.75) is 13.3 Å². The Morgan fingerprint density at radius 2 is 1.57 bits per heavy atom. The van der Waals surface area contributed by atoms with Crippen LogP contribution in [0.2, 0.25) is 0 Å². The third-order valence-corrected chi connectivity index (χ3v) is 3.02. The molecule has 0 spiro atoms. The van der Waals surface area contributed by atoms with Gasteiger partial charge in [-0.15, -0.1) is 0 Å². The SMILES string of the molecule is CCOC(=O)Cc1ccc(-c2ccc([N+](=O)[O-])cc2)cc1. The van der Waals surface area contributed by atoms with E-state index in [4.69, 9.17) is 4.74 Å². The van der Waals surface area contributed by atoms with Crippen molar-refractivity contribution < 1.29 is 14.5 Å². The van der Waals surface area contributed by atoms with Crippen molar-refractivity contribution in [3.63, 3.8) is 0 Å². The monoisotopic (exact) mass is 285 g/mol. The van der Waals surface area contributed by atoms with Gasteiger partial charge >= 0.3 is 5.97 Å². The summed E-state index contributed by atoms with van der Waals surface area (Å²) in [5.41, 5.74) is 2.78. The molecule has 0 aliphatic carbocycles. The van der Waals surface area contributed by atoms with Crippen molar-refractivity contribution in [2.75, 3.05) is 6.61 Å². The molecule has 0 saturated carbocycles. The topological polar surface area (TPSA) is 69.4 Å². The van der Waals surface area contributed by atoms with Gasteiger partial charge in [0, 0.05) is 12.1 Å². The largest absolute Gasteiger partial charge is 0.466 e. The van der Waals surface area contributed by atoms with Crippen molar-refractivity contribution in [3.8, 4) is 11.1 Å². The zero-order chi connectivity index (χ0) is 15.2. The zero-order valence-electron chi connectivity index (χ0n) is 11.6. The highest BCUT2D eigenvalue weighted by Gasteiger charge is 2.06. The maximum atomic E-state index is 11.4. The summed E-state index contributed by atoms with van der Waals surface area (Å²) in [6.45, 7) is 2.15. The van der Waals surface area contributed by atoms with Gasteiger partial charge in [0.25, 0.3) is 5.69 Å². The minimum Gasteiger partial charge on any atom is -0.466 e. The Morgan fingerprint density at radius 1 is 1.05 bits per heavy atom. The number of non-ortho nitro benzene ring substituents is 1. The molecule has 0 saturated heterocycles. The van der Waals surface area contributed by atoms with Crippen LogP contribution in [0.3, 0.4) is 0 Å². The lowest BCUT2D eigenvalue weighted by atomic mass is 10.0. The van der Waals surface area contributed by atoms with E-state index in [-0.39, 0.29) is 18.1 Å². The lowest BCUT2D eigenvalue weighted by Gasteiger charge is -2.05. The normalized spacial score (nSPS) is 10.1. The van der Waals surface area contributed by atoms with E-state index in [1.165, 1.54) is 12.1 Å². The number of nitro benzene ring substituents is 1. The Kier molecular flexibility index (Phi) is 4.66. The summed E-state index contributed by atoms with van der Waals surface area (Å²) in [5, 5.41) is 10.6. The third kappa shape index (κ3) is 3.89. The highest BCUT2D eigenvalue weighted by atomic mass is 16.6. The molecule has 2 rings (SSSR count). The van der Waals surface area contributed by atoms with Gasteiger partial charge in [0.15, 0.2) is 0 Å². The number of carbonyl (C=O) groups is 1. The lowest BCUT2D eigenvalue weighted by molar-refractivity contribution is -0.384. The van der Waals surface area contributed by atoms with Gasteiger partial charge in [0.1, 0.15) is 0 Å². The summed E-state index contributed by atoms with van der Waals surface area (Å²) < 4.78 is 4.89. The maximum absolute atomic E-state index is 11.4. The molecule has 0 fully saturated rings. The molecule has 5 nitrogen and oxygen atoms in total. The van der Waals surface area contributed by atoms with Gasteiger partial charge in [-0.2, -0.15) is 0 Å². The Labute approximate surface area is 122 Å². The molecule has 0 N–H and O–H groups in total. The Morgan fingerprint density at radius 3 is 2.05 bits per heavy atom. The van der Waals surface area contributed by atoms with Gasteiger partial charge < -0.3 is 4.74 Å². The van der Waals surface area contributed by atoms with E-state index in [9.17, 15) is 14.9 Å². The van der Waals surface area contributed by atoms with Crippen LogP contribution in [-0.4, -0.2) is 17.5 Å². The van der Waals surface area contributed by atoms with Crippen molar-refractivity contribution in [1.82, 2.24) is 0 Å². The van der Waals surface area contributed by atoms with Crippen molar-refractivity contribution in [3.05, 3.63) is 64.2 Å². The lowest BCUT2D eigenvalue weighted by Crippen LogP contribution is -2.07. The van der Waals surface area contributed by atoms with Crippen molar-refractivity contribution >= 4 is 11.7 Å². The van der Waals surface area contributed by atoms with Crippen LogP contribution in [0.5, 0.6) is 0 Å². The fourth-order valence-corrected chi connectivity index (χ4v) is 1.97. The second-order valence-electron chi connectivity index (χ2n) is 4.48. The van der Waals surface area contributed by atoms with Crippen molar-refractivity contribution in [1.29, 1.82) is 0 Å². The zero-order valence-corrected chi connectivity index (χ0v) is 11.6. The molecule has 21 heavy (non-hydrogen) atoms. The van der Waals surface area contributed by atoms with Gasteiger partial charge in [-0.3, -0.25) is 14.9 Å². The molecule has 0 unspecified atom stereocenters.